The number of carbonyl (C=O) groups is 7. The van der Waals surface area contributed by atoms with E-state index in [-0.39, 0.29) is 12.5 Å². The van der Waals surface area contributed by atoms with Gasteiger partial charge in [-0.05, 0) is 22.3 Å². The monoisotopic (exact) mass is 698 g/mol. The van der Waals surface area contributed by atoms with Gasteiger partial charge in [-0.15, -0.1) is 0 Å². The van der Waals surface area contributed by atoms with Crippen LogP contribution in [0.5, 0.6) is 0 Å². The van der Waals surface area contributed by atoms with Gasteiger partial charge < -0.3 is 44.2 Å². The van der Waals surface area contributed by atoms with Crippen LogP contribution in [0.4, 0.5) is 4.79 Å². The minimum atomic E-state index is -1.61. The average Bonchev–Trinajstić information content (AvgIpc) is 3.36. The third kappa shape index (κ3) is 9.56. The zero-order valence-electron chi connectivity index (χ0n) is 27.7. The van der Waals surface area contributed by atoms with Crippen molar-refractivity contribution in [1.29, 1.82) is 0 Å². The molecule has 2 amide bonds. The number of benzene rings is 2. The van der Waals surface area contributed by atoms with Gasteiger partial charge >= 0.3 is 35.9 Å². The number of carboxylic acid groups (broad SMARTS) is 1. The first-order valence-corrected chi connectivity index (χ1v) is 15.7. The summed E-state index contributed by atoms with van der Waals surface area (Å²) >= 11 is 0. The van der Waals surface area contributed by atoms with Crippen LogP contribution in [0.15, 0.2) is 48.5 Å². The van der Waals surface area contributed by atoms with Gasteiger partial charge in [-0.1, -0.05) is 48.5 Å². The number of esters is 4. The molecule has 2 aromatic rings. The number of amides is 2. The van der Waals surface area contributed by atoms with Crippen molar-refractivity contribution in [3.8, 4) is 11.1 Å². The third-order valence-electron chi connectivity index (χ3n) is 7.91. The zero-order valence-corrected chi connectivity index (χ0v) is 27.7. The Labute approximate surface area is 286 Å². The van der Waals surface area contributed by atoms with E-state index in [0.717, 1.165) is 49.9 Å². The third-order valence-corrected chi connectivity index (χ3v) is 7.91. The molecule has 0 aromatic heterocycles. The maximum absolute atomic E-state index is 13.1. The van der Waals surface area contributed by atoms with E-state index in [1.807, 2.05) is 48.5 Å². The van der Waals surface area contributed by atoms with E-state index in [1.165, 1.54) is 0 Å². The molecule has 2 aromatic carbocycles. The highest BCUT2D eigenvalue weighted by Crippen LogP contribution is 2.44. The predicted molar refractivity (Wildman–Crippen MR) is 169 cm³/mol. The maximum atomic E-state index is 13.1. The highest BCUT2D eigenvalue weighted by molar-refractivity contribution is 5.83. The molecule has 50 heavy (non-hydrogen) atoms. The number of rotatable bonds is 13. The Bertz CT molecular complexity index is 1580. The van der Waals surface area contributed by atoms with Gasteiger partial charge in [-0.3, -0.25) is 24.0 Å². The Hall–Kier alpha value is -5.51. The molecule has 2 unspecified atom stereocenters. The molecule has 4 rings (SSSR count). The fourth-order valence-corrected chi connectivity index (χ4v) is 5.94. The summed E-state index contributed by atoms with van der Waals surface area (Å²) in [6, 6.07) is 13.8. The van der Waals surface area contributed by atoms with Crippen LogP contribution in [0.1, 0.15) is 51.2 Å². The molecule has 16 heteroatoms. The summed E-state index contributed by atoms with van der Waals surface area (Å²) in [5, 5.41) is 14.4. The molecule has 1 saturated heterocycles. The standard InChI is InChI=1S/C34H38N2O14/c1-17(37)45-16-28-31(48-19(3)39)32(49-20(4)40)30(47-18(2)38)27(50-28)13-29(41)35-14-26(33(42)43)36-34(44)46-15-25-23-11-7-5-9-21(23)22-10-6-8-12-24(22)25/h5-12,25-28,30-32H,13-16H2,1-4H3,(H,35,41)(H,36,44)(H,42,43)/t26-,27+,28?,30?,31-,32+/m0/s1. The largest absolute Gasteiger partial charge is 0.480 e. The Morgan fingerprint density at radius 2 is 1.22 bits per heavy atom. The van der Waals surface area contributed by atoms with Crippen molar-refractivity contribution >= 4 is 41.8 Å². The van der Waals surface area contributed by atoms with Crippen molar-refractivity contribution < 1.29 is 67.1 Å². The van der Waals surface area contributed by atoms with Crippen LogP contribution >= 0.6 is 0 Å². The molecule has 1 aliphatic heterocycles. The number of alkyl carbamates (subject to hydrolysis) is 1. The summed E-state index contributed by atoms with van der Waals surface area (Å²) in [4.78, 5) is 85.4. The summed E-state index contributed by atoms with van der Waals surface area (Å²) in [6.45, 7) is 3.18. The van der Waals surface area contributed by atoms with Gasteiger partial charge in [0.25, 0.3) is 0 Å². The first kappa shape index (κ1) is 37.3. The number of carbonyl (C=O) groups excluding carboxylic acids is 6. The van der Waals surface area contributed by atoms with Crippen molar-refractivity contribution in [2.24, 2.45) is 0 Å². The highest BCUT2D eigenvalue weighted by atomic mass is 16.7. The summed E-state index contributed by atoms with van der Waals surface area (Å²) in [7, 11) is 0. The lowest BCUT2D eigenvalue weighted by atomic mass is 9.92. The molecule has 0 bridgehead atoms. The summed E-state index contributed by atoms with van der Waals surface area (Å²) in [5.41, 5.74) is 3.95. The molecule has 1 heterocycles. The van der Waals surface area contributed by atoms with Crippen LogP contribution in [-0.2, 0) is 57.2 Å². The van der Waals surface area contributed by atoms with E-state index in [9.17, 15) is 38.7 Å². The number of ether oxygens (including phenoxy) is 6. The molecule has 268 valence electrons. The van der Waals surface area contributed by atoms with E-state index in [4.69, 9.17) is 28.4 Å². The first-order valence-electron chi connectivity index (χ1n) is 15.7. The van der Waals surface area contributed by atoms with Gasteiger partial charge in [0.15, 0.2) is 18.3 Å². The van der Waals surface area contributed by atoms with Gasteiger partial charge in [-0.25, -0.2) is 9.59 Å². The average molecular weight is 699 g/mol. The zero-order chi connectivity index (χ0) is 36.5. The van der Waals surface area contributed by atoms with E-state index >= 15 is 0 Å². The second kappa shape index (κ2) is 16.7. The Kier molecular flexibility index (Phi) is 12.5. The first-order chi connectivity index (χ1) is 23.7. The normalized spacial score (nSPS) is 21.3. The Balaban J connectivity index is 1.41. The number of nitrogens with one attached hydrogen (secondary N) is 2. The van der Waals surface area contributed by atoms with E-state index in [0.29, 0.717) is 0 Å². The quantitative estimate of drug-likeness (QED) is 0.200. The number of fused-ring (bicyclic) bond motifs is 3. The van der Waals surface area contributed by atoms with E-state index in [1.54, 1.807) is 0 Å². The number of aliphatic carboxylic acids is 1. The highest BCUT2D eigenvalue weighted by Gasteiger charge is 2.52. The van der Waals surface area contributed by atoms with Crippen molar-refractivity contribution in [3.05, 3.63) is 59.7 Å². The van der Waals surface area contributed by atoms with Crippen LogP contribution in [0.2, 0.25) is 0 Å². The van der Waals surface area contributed by atoms with Gasteiger partial charge in [-0.2, -0.15) is 0 Å². The van der Waals surface area contributed by atoms with Crippen LogP contribution in [0, 0.1) is 0 Å². The number of hydrogen-bond acceptors (Lipinski definition) is 13. The summed E-state index contributed by atoms with van der Waals surface area (Å²) in [6.07, 6.45) is -8.59. The molecule has 1 fully saturated rings. The van der Waals surface area contributed by atoms with Crippen LogP contribution in [0.3, 0.4) is 0 Å². The fourth-order valence-electron chi connectivity index (χ4n) is 5.94. The van der Waals surface area contributed by atoms with Gasteiger partial charge in [0.1, 0.15) is 31.5 Å². The molecule has 1 aliphatic carbocycles. The second-order valence-corrected chi connectivity index (χ2v) is 11.6. The fraction of sp³-hybridized carbons (Fsp3) is 0.441. The van der Waals surface area contributed by atoms with Crippen LogP contribution < -0.4 is 10.6 Å². The van der Waals surface area contributed by atoms with Gasteiger partial charge in [0.05, 0.1) is 6.42 Å². The molecule has 6 atom stereocenters. The molecule has 0 radical (unpaired) electrons. The smallest absolute Gasteiger partial charge is 0.407 e. The maximum Gasteiger partial charge on any atom is 0.407 e. The lowest BCUT2D eigenvalue weighted by molar-refractivity contribution is -0.252. The predicted octanol–water partition coefficient (Wildman–Crippen LogP) is 1.61. The molecule has 0 spiro atoms. The van der Waals surface area contributed by atoms with Crippen molar-refractivity contribution in [2.75, 3.05) is 19.8 Å². The molecular formula is C34H38N2O14. The Morgan fingerprint density at radius 3 is 1.74 bits per heavy atom. The van der Waals surface area contributed by atoms with Gasteiger partial charge in [0, 0.05) is 40.2 Å². The summed E-state index contributed by atoms with van der Waals surface area (Å²) in [5.74, 6) is -5.76. The molecule has 2 aliphatic rings. The van der Waals surface area contributed by atoms with Crippen LogP contribution in [-0.4, -0.2) is 103 Å². The second-order valence-electron chi connectivity index (χ2n) is 11.6. The Morgan fingerprint density at radius 1 is 0.700 bits per heavy atom. The molecular weight excluding hydrogens is 660 g/mol. The van der Waals surface area contributed by atoms with E-state index < -0.39 is 98.0 Å². The minimum absolute atomic E-state index is 0.0680. The van der Waals surface area contributed by atoms with E-state index in [2.05, 4.69) is 10.6 Å². The van der Waals surface area contributed by atoms with Crippen molar-refractivity contribution in [1.82, 2.24) is 10.6 Å². The lowest BCUT2D eigenvalue weighted by Crippen LogP contribution is -2.63. The molecule has 0 saturated carbocycles. The lowest BCUT2D eigenvalue weighted by Gasteiger charge is -2.44. The van der Waals surface area contributed by atoms with Crippen molar-refractivity contribution in [2.45, 2.75) is 76.6 Å². The van der Waals surface area contributed by atoms with Crippen molar-refractivity contribution in [3.63, 3.8) is 0 Å². The SMILES string of the molecule is CC(=O)OCC1O[C@H](CC(=O)NC[C@H](NC(=O)OCC2c3ccccc3-c3ccccc32)C(=O)O)C(OC(C)=O)[C@@H](OC(C)=O)[C@H]1OC(C)=O. The van der Waals surface area contributed by atoms with Gasteiger partial charge in [0.2, 0.25) is 5.91 Å². The molecule has 16 nitrogen and oxygen atoms in total. The minimum Gasteiger partial charge on any atom is -0.480 e. The summed E-state index contributed by atoms with van der Waals surface area (Å²) < 4.78 is 32.4. The topological polar surface area (TPSA) is 219 Å². The van der Waals surface area contributed by atoms with Crippen LogP contribution in [0.25, 0.3) is 11.1 Å². The number of carboxylic acids is 1. The molecule has 3 N–H and O–H groups in total. The number of hydrogen-bond donors (Lipinski definition) is 3.